The van der Waals surface area contributed by atoms with Crippen LogP contribution in [-0.2, 0) is 11.8 Å². The van der Waals surface area contributed by atoms with Crippen LogP contribution in [0.25, 0.3) is 22.6 Å². The van der Waals surface area contributed by atoms with Crippen LogP contribution in [0.1, 0.15) is 24.8 Å². The molecule has 1 aromatic carbocycles. The molecule has 10 nitrogen and oxygen atoms in total. The van der Waals surface area contributed by atoms with Crippen molar-refractivity contribution in [3.05, 3.63) is 42.1 Å². The molecule has 4 heterocycles. The SMILES string of the molecule is Cc1cc(N2C[C@](I)(CN3CCC(CCN(C)C)CC3)OC2=O)ccc1-c1ccc(-c2nnn(C)n2)nc1. The van der Waals surface area contributed by atoms with Gasteiger partial charge in [0.25, 0.3) is 0 Å². The Bertz CT molecular complexity index is 1270. The van der Waals surface area contributed by atoms with Crippen LogP contribution in [0.4, 0.5) is 10.5 Å². The van der Waals surface area contributed by atoms with Gasteiger partial charge in [0, 0.05) is 24.0 Å². The van der Waals surface area contributed by atoms with Gasteiger partial charge >= 0.3 is 6.09 Å². The average molecular weight is 631 g/mol. The van der Waals surface area contributed by atoms with Crippen molar-refractivity contribution in [2.45, 2.75) is 29.8 Å². The third-order valence-electron chi connectivity index (χ3n) is 7.37. The van der Waals surface area contributed by atoms with Crippen molar-refractivity contribution in [2.24, 2.45) is 13.0 Å². The van der Waals surface area contributed by atoms with E-state index in [1.165, 1.54) is 24.1 Å². The summed E-state index contributed by atoms with van der Waals surface area (Å²) in [5.74, 6) is 1.28. The molecule has 0 bridgehead atoms. The van der Waals surface area contributed by atoms with E-state index in [9.17, 15) is 4.79 Å². The highest BCUT2D eigenvalue weighted by atomic mass is 127. The molecule has 0 saturated carbocycles. The number of aryl methyl sites for hydroxylation is 2. The third-order valence-corrected chi connectivity index (χ3v) is 8.27. The van der Waals surface area contributed by atoms with Gasteiger partial charge in [0.05, 0.1) is 13.6 Å². The zero-order valence-electron chi connectivity index (χ0n) is 22.5. The number of amides is 1. The maximum absolute atomic E-state index is 12.9. The number of piperidine rings is 1. The van der Waals surface area contributed by atoms with Gasteiger partial charge in [-0.2, -0.15) is 4.80 Å². The van der Waals surface area contributed by atoms with E-state index in [-0.39, 0.29) is 6.09 Å². The van der Waals surface area contributed by atoms with Crippen LogP contribution >= 0.6 is 22.6 Å². The Morgan fingerprint density at radius 1 is 1.18 bits per heavy atom. The summed E-state index contributed by atoms with van der Waals surface area (Å²) < 4.78 is 5.38. The van der Waals surface area contributed by atoms with E-state index in [1.807, 2.05) is 36.5 Å². The van der Waals surface area contributed by atoms with Gasteiger partial charge in [-0.05, 0) is 123 Å². The number of hydrogen-bond acceptors (Lipinski definition) is 8. The molecule has 38 heavy (non-hydrogen) atoms. The number of aromatic nitrogens is 5. The summed E-state index contributed by atoms with van der Waals surface area (Å²) in [6.07, 6.45) is 5.22. The van der Waals surface area contributed by atoms with E-state index < -0.39 is 3.61 Å². The Hall–Kier alpha value is -2.64. The lowest BCUT2D eigenvalue weighted by molar-refractivity contribution is 0.0804. The summed E-state index contributed by atoms with van der Waals surface area (Å²) in [6.45, 7) is 6.62. The molecule has 2 aliphatic heterocycles. The van der Waals surface area contributed by atoms with Crippen LogP contribution in [0, 0.1) is 12.8 Å². The van der Waals surface area contributed by atoms with Crippen LogP contribution in [-0.4, -0.2) is 91.5 Å². The summed E-state index contributed by atoms with van der Waals surface area (Å²) in [5, 5.41) is 12.1. The highest BCUT2D eigenvalue weighted by molar-refractivity contribution is 14.1. The number of halogens is 1. The Labute approximate surface area is 237 Å². The van der Waals surface area contributed by atoms with Crippen LogP contribution in [0.5, 0.6) is 0 Å². The lowest BCUT2D eigenvalue weighted by atomic mass is 9.93. The van der Waals surface area contributed by atoms with Crippen molar-refractivity contribution >= 4 is 34.4 Å². The van der Waals surface area contributed by atoms with Gasteiger partial charge in [-0.15, -0.1) is 10.2 Å². The molecule has 1 atom stereocenters. The van der Waals surface area contributed by atoms with E-state index in [0.29, 0.717) is 18.1 Å². The lowest BCUT2D eigenvalue weighted by Crippen LogP contribution is -2.45. The van der Waals surface area contributed by atoms with Crippen molar-refractivity contribution in [1.29, 1.82) is 0 Å². The summed E-state index contributed by atoms with van der Waals surface area (Å²) in [7, 11) is 6.00. The predicted molar refractivity (Wildman–Crippen MR) is 155 cm³/mol. The minimum Gasteiger partial charge on any atom is -0.429 e. The van der Waals surface area contributed by atoms with Crippen molar-refractivity contribution in [2.75, 3.05) is 51.7 Å². The van der Waals surface area contributed by atoms with Crippen molar-refractivity contribution in [1.82, 2.24) is 35.0 Å². The number of hydrogen-bond donors (Lipinski definition) is 0. The number of likely N-dealkylation sites (tertiary alicyclic amines) is 1. The number of nitrogens with zero attached hydrogens (tertiary/aromatic N) is 8. The number of carbonyl (C=O) groups excluding carboxylic acids is 1. The molecule has 0 aliphatic carbocycles. The Kier molecular flexibility index (Phi) is 7.96. The van der Waals surface area contributed by atoms with Crippen LogP contribution in [0.2, 0.25) is 0 Å². The molecular weight excluding hydrogens is 595 g/mol. The molecule has 2 saturated heterocycles. The number of cyclic esters (lactones) is 1. The van der Waals surface area contributed by atoms with Gasteiger partial charge in [0.1, 0.15) is 5.69 Å². The number of rotatable bonds is 8. The predicted octanol–water partition coefficient (Wildman–Crippen LogP) is 4.00. The Balaban J connectivity index is 1.21. The molecular formula is C27H35IN8O2. The third kappa shape index (κ3) is 6.15. The molecule has 5 rings (SSSR count). The summed E-state index contributed by atoms with van der Waals surface area (Å²) in [6, 6.07) is 9.98. The molecule has 1 amide bonds. The zero-order chi connectivity index (χ0) is 26.9. The minimum atomic E-state index is -0.550. The maximum Gasteiger partial charge on any atom is 0.415 e. The second-order valence-electron chi connectivity index (χ2n) is 10.7. The number of carbonyl (C=O) groups is 1. The fourth-order valence-corrected chi connectivity index (χ4v) is 6.26. The van der Waals surface area contributed by atoms with Gasteiger partial charge in [-0.3, -0.25) is 14.8 Å². The van der Waals surface area contributed by atoms with Gasteiger partial charge in [-0.25, -0.2) is 4.79 Å². The number of pyridine rings is 1. The lowest BCUT2D eigenvalue weighted by Gasteiger charge is -2.35. The van der Waals surface area contributed by atoms with E-state index in [1.54, 1.807) is 11.9 Å². The highest BCUT2D eigenvalue weighted by Gasteiger charge is 2.45. The van der Waals surface area contributed by atoms with Crippen molar-refractivity contribution < 1.29 is 9.53 Å². The standard InChI is InChI=1S/C27H35IN8O2/c1-19-15-22(6-7-23(19)21-5-8-24(29-16-21)25-30-32-34(4)31-25)36-18-27(28,38-26(36)37)17-35-13-10-20(11-14-35)9-12-33(2)3/h5-8,15-16,20H,9-14,17-18H2,1-4H3/t27-/m0/s1. The maximum atomic E-state index is 12.9. The first-order valence-electron chi connectivity index (χ1n) is 13.1. The molecule has 11 heteroatoms. The number of ether oxygens (including phenoxy) is 1. The molecule has 2 aliphatic rings. The summed E-state index contributed by atoms with van der Waals surface area (Å²) in [4.78, 5) is 25.3. The van der Waals surface area contributed by atoms with Gasteiger partial charge < -0.3 is 9.64 Å². The first kappa shape index (κ1) is 26.9. The smallest absolute Gasteiger partial charge is 0.415 e. The summed E-state index contributed by atoms with van der Waals surface area (Å²) >= 11 is 2.33. The van der Waals surface area contributed by atoms with Crippen LogP contribution in [0.3, 0.4) is 0 Å². The van der Waals surface area contributed by atoms with Gasteiger partial charge in [0.2, 0.25) is 5.82 Å². The first-order valence-corrected chi connectivity index (χ1v) is 14.1. The van der Waals surface area contributed by atoms with Crippen molar-refractivity contribution in [3.63, 3.8) is 0 Å². The van der Waals surface area contributed by atoms with Crippen LogP contribution in [0.15, 0.2) is 36.5 Å². The Morgan fingerprint density at radius 2 is 1.97 bits per heavy atom. The first-order chi connectivity index (χ1) is 18.2. The molecule has 3 aromatic rings. The monoisotopic (exact) mass is 630 g/mol. The van der Waals surface area contributed by atoms with E-state index in [0.717, 1.165) is 54.5 Å². The average Bonchev–Trinajstić information content (AvgIpc) is 3.45. The molecule has 2 fully saturated rings. The second kappa shape index (κ2) is 11.2. The number of anilines is 1. The molecule has 2 aromatic heterocycles. The Morgan fingerprint density at radius 3 is 2.61 bits per heavy atom. The number of benzene rings is 1. The van der Waals surface area contributed by atoms with Gasteiger partial charge in [-0.1, -0.05) is 12.1 Å². The van der Waals surface area contributed by atoms with E-state index in [2.05, 4.69) is 73.8 Å². The minimum absolute atomic E-state index is 0.282. The number of tetrazole rings is 1. The van der Waals surface area contributed by atoms with Crippen LogP contribution < -0.4 is 4.90 Å². The molecule has 0 spiro atoms. The quantitative estimate of drug-likeness (QED) is 0.273. The van der Waals surface area contributed by atoms with E-state index in [4.69, 9.17) is 4.74 Å². The van der Waals surface area contributed by atoms with Crippen molar-refractivity contribution in [3.8, 4) is 22.6 Å². The second-order valence-corrected chi connectivity index (χ2v) is 12.6. The topological polar surface area (TPSA) is 92.5 Å². The fraction of sp³-hybridized carbons (Fsp3) is 0.519. The normalized spacial score (nSPS) is 20.9. The van der Waals surface area contributed by atoms with E-state index >= 15 is 0 Å². The highest BCUT2D eigenvalue weighted by Crippen LogP contribution is 2.36. The zero-order valence-corrected chi connectivity index (χ0v) is 24.6. The fourth-order valence-electron chi connectivity index (χ4n) is 5.24. The molecule has 0 radical (unpaired) electrons. The molecule has 202 valence electrons. The molecule has 0 N–H and O–H groups in total. The number of alkyl halides is 1. The molecule has 0 unspecified atom stereocenters. The summed E-state index contributed by atoms with van der Waals surface area (Å²) in [5.41, 5.74) is 4.64. The largest absolute Gasteiger partial charge is 0.429 e. The van der Waals surface area contributed by atoms with Gasteiger partial charge in [0.15, 0.2) is 3.61 Å².